The number of anilines is 2. The first-order valence-corrected chi connectivity index (χ1v) is 10.0. The van der Waals surface area contributed by atoms with Gasteiger partial charge in [-0.05, 0) is 80.1 Å². The molecule has 0 fully saturated rings. The lowest BCUT2D eigenvalue weighted by molar-refractivity contribution is -0.168. The summed E-state index contributed by atoms with van der Waals surface area (Å²) in [5.74, 6) is -0.256. The first-order chi connectivity index (χ1) is 14.5. The molecule has 0 spiro atoms. The van der Waals surface area contributed by atoms with Gasteiger partial charge in [0.05, 0.1) is 6.54 Å². The van der Waals surface area contributed by atoms with Crippen molar-refractivity contribution in [1.29, 1.82) is 0 Å². The summed E-state index contributed by atoms with van der Waals surface area (Å²) in [5, 5.41) is 14.2. The molecule has 0 aliphatic rings. The number of nitrogens with one attached hydrogen (secondary N) is 1. The Labute approximate surface area is 177 Å². The van der Waals surface area contributed by atoms with E-state index in [1.807, 2.05) is 67.5 Å². The third kappa shape index (κ3) is 6.40. The number of carbonyl (C=O) groups excluding carboxylic acids is 1. The molecule has 0 aliphatic carbocycles. The van der Waals surface area contributed by atoms with Gasteiger partial charge in [-0.2, -0.15) is 0 Å². The van der Waals surface area contributed by atoms with Crippen molar-refractivity contribution >= 4 is 17.3 Å². The van der Waals surface area contributed by atoms with Gasteiger partial charge >= 0.3 is 0 Å². The Bertz CT molecular complexity index is 926. The minimum absolute atomic E-state index is 0.182. The predicted octanol–water partition coefficient (Wildman–Crippen LogP) is 4.55. The topological polar surface area (TPSA) is 68.7 Å². The highest BCUT2D eigenvalue weighted by atomic mass is 16.5. The van der Waals surface area contributed by atoms with Crippen LogP contribution in [0.2, 0.25) is 0 Å². The van der Waals surface area contributed by atoms with Crippen LogP contribution in [-0.2, 0) is 11.3 Å². The summed E-state index contributed by atoms with van der Waals surface area (Å²) in [5.41, 5.74) is 5.07. The van der Waals surface area contributed by atoms with E-state index in [4.69, 9.17) is 0 Å². The van der Waals surface area contributed by atoms with Gasteiger partial charge in [-0.1, -0.05) is 24.3 Å². The van der Waals surface area contributed by atoms with E-state index in [0.29, 0.717) is 6.42 Å². The van der Waals surface area contributed by atoms with Crippen molar-refractivity contribution in [2.24, 2.45) is 0 Å². The normalized spacial score (nSPS) is 10.8. The van der Waals surface area contributed by atoms with Crippen LogP contribution in [0.25, 0.3) is 11.1 Å². The van der Waals surface area contributed by atoms with E-state index in [2.05, 4.69) is 22.4 Å². The zero-order valence-corrected chi connectivity index (χ0v) is 17.5. The zero-order chi connectivity index (χ0) is 21.3. The molecule has 0 unspecified atom stereocenters. The highest BCUT2D eigenvalue weighted by Gasteiger charge is 2.11. The second-order valence-corrected chi connectivity index (χ2v) is 7.49. The smallest absolute Gasteiger partial charge is 0.246 e. The fourth-order valence-corrected chi connectivity index (χ4v) is 3.09. The van der Waals surface area contributed by atoms with Gasteiger partial charge in [-0.25, -0.2) is 5.06 Å². The van der Waals surface area contributed by atoms with Gasteiger partial charge in [0.1, 0.15) is 0 Å². The summed E-state index contributed by atoms with van der Waals surface area (Å²) < 4.78 is 0. The maximum absolute atomic E-state index is 12.0. The number of hydrogen-bond donors (Lipinski definition) is 2. The van der Waals surface area contributed by atoms with Crippen LogP contribution in [0.3, 0.4) is 0 Å². The van der Waals surface area contributed by atoms with Gasteiger partial charge in [-0.3, -0.25) is 15.0 Å². The highest BCUT2D eigenvalue weighted by molar-refractivity contribution is 5.75. The van der Waals surface area contributed by atoms with Crippen LogP contribution >= 0.6 is 0 Å². The summed E-state index contributed by atoms with van der Waals surface area (Å²) in [6.45, 7) is 1.01. The Kier molecular flexibility index (Phi) is 7.54. The summed E-state index contributed by atoms with van der Waals surface area (Å²) >= 11 is 0. The molecule has 2 N–H and O–H groups in total. The molecule has 156 valence electrons. The molecule has 3 rings (SSSR count). The number of aromatic nitrogens is 1. The molecule has 0 saturated carbocycles. The molecule has 0 bridgehead atoms. The van der Waals surface area contributed by atoms with E-state index in [-0.39, 0.29) is 12.5 Å². The van der Waals surface area contributed by atoms with Gasteiger partial charge in [0, 0.05) is 30.2 Å². The number of benzene rings is 2. The van der Waals surface area contributed by atoms with Gasteiger partial charge < -0.3 is 10.2 Å². The molecule has 6 heteroatoms. The Morgan fingerprint density at radius 1 is 0.900 bits per heavy atom. The summed E-state index contributed by atoms with van der Waals surface area (Å²) in [6.07, 6.45) is 4.64. The average molecular weight is 405 g/mol. The van der Waals surface area contributed by atoms with Crippen LogP contribution in [0.1, 0.15) is 18.4 Å². The molecule has 6 nitrogen and oxygen atoms in total. The summed E-state index contributed by atoms with van der Waals surface area (Å²) in [6, 6.07) is 19.9. The van der Waals surface area contributed by atoms with Crippen LogP contribution < -0.4 is 5.32 Å². The molecule has 1 heterocycles. The van der Waals surface area contributed by atoms with Gasteiger partial charge in [0.15, 0.2) is 0 Å². The van der Waals surface area contributed by atoms with Gasteiger partial charge in [-0.15, -0.1) is 0 Å². The number of carbonyl (C=O) groups is 1. The third-order valence-corrected chi connectivity index (χ3v) is 4.76. The van der Waals surface area contributed by atoms with Crippen LogP contribution in [0.5, 0.6) is 0 Å². The second-order valence-electron chi connectivity index (χ2n) is 7.49. The Balaban J connectivity index is 1.52. The van der Waals surface area contributed by atoms with Crippen molar-refractivity contribution in [3.05, 3.63) is 78.6 Å². The van der Waals surface area contributed by atoms with Crippen LogP contribution in [0.4, 0.5) is 11.4 Å². The first-order valence-electron chi connectivity index (χ1n) is 10.0. The maximum Gasteiger partial charge on any atom is 0.246 e. The molecule has 2 aromatic carbocycles. The number of amides is 1. The number of hydroxylamine groups is 2. The van der Waals surface area contributed by atoms with Crippen molar-refractivity contribution in [1.82, 2.24) is 14.9 Å². The minimum atomic E-state index is -0.256. The monoisotopic (exact) mass is 404 g/mol. The van der Waals surface area contributed by atoms with E-state index in [0.717, 1.165) is 46.1 Å². The number of nitrogens with zero attached hydrogens (tertiary/aromatic N) is 3. The maximum atomic E-state index is 12.0. The van der Waals surface area contributed by atoms with E-state index >= 15 is 0 Å². The van der Waals surface area contributed by atoms with Crippen molar-refractivity contribution in [2.45, 2.75) is 19.4 Å². The molecular weight excluding hydrogens is 376 g/mol. The highest BCUT2D eigenvalue weighted by Crippen LogP contribution is 2.23. The van der Waals surface area contributed by atoms with Crippen LogP contribution in [-0.4, -0.2) is 46.7 Å². The van der Waals surface area contributed by atoms with E-state index in [1.54, 1.807) is 12.4 Å². The SMILES string of the molecule is CN(C)CCCC(=O)N(O)Cc1ccc(Nc2ccc(-c3ccncc3)cc2)cc1. The molecule has 30 heavy (non-hydrogen) atoms. The molecule has 0 atom stereocenters. The molecule has 3 aromatic rings. The molecule has 0 aliphatic heterocycles. The number of hydrogen-bond acceptors (Lipinski definition) is 5. The molecule has 0 radical (unpaired) electrons. The molecule has 0 saturated heterocycles. The van der Waals surface area contributed by atoms with Crippen molar-refractivity contribution in [3.63, 3.8) is 0 Å². The summed E-state index contributed by atoms with van der Waals surface area (Å²) in [4.78, 5) is 18.1. The van der Waals surface area contributed by atoms with Crippen molar-refractivity contribution < 1.29 is 10.0 Å². The van der Waals surface area contributed by atoms with E-state index in [1.165, 1.54) is 0 Å². The standard InChI is InChI=1S/C24H28N4O2/c1-27(2)17-3-4-24(29)28(30)18-19-5-9-22(10-6-19)26-23-11-7-20(8-12-23)21-13-15-25-16-14-21/h5-16,26,30H,3-4,17-18H2,1-2H3. The lowest BCUT2D eigenvalue weighted by Gasteiger charge is -2.16. The quantitative estimate of drug-likeness (QED) is 0.404. The number of pyridine rings is 1. The van der Waals surface area contributed by atoms with E-state index in [9.17, 15) is 10.0 Å². The zero-order valence-electron chi connectivity index (χ0n) is 17.5. The molecule has 1 aromatic heterocycles. The predicted molar refractivity (Wildman–Crippen MR) is 120 cm³/mol. The van der Waals surface area contributed by atoms with Crippen LogP contribution in [0, 0.1) is 0 Å². The fraction of sp³-hybridized carbons (Fsp3) is 0.250. The largest absolute Gasteiger partial charge is 0.356 e. The molecule has 1 amide bonds. The lowest BCUT2D eigenvalue weighted by atomic mass is 10.1. The van der Waals surface area contributed by atoms with Gasteiger partial charge in [0.25, 0.3) is 0 Å². The van der Waals surface area contributed by atoms with E-state index < -0.39 is 0 Å². The van der Waals surface area contributed by atoms with Gasteiger partial charge in [0.2, 0.25) is 5.91 Å². The summed E-state index contributed by atoms with van der Waals surface area (Å²) in [7, 11) is 3.93. The lowest BCUT2D eigenvalue weighted by Crippen LogP contribution is -2.27. The second kappa shape index (κ2) is 10.5. The minimum Gasteiger partial charge on any atom is -0.356 e. The molecular formula is C24H28N4O2. The third-order valence-electron chi connectivity index (χ3n) is 4.76. The van der Waals surface area contributed by atoms with Crippen molar-refractivity contribution in [3.8, 4) is 11.1 Å². The number of rotatable bonds is 9. The Morgan fingerprint density at radius 2 is 1.47 bits per heavy atom. The fourth-order valence-electron chi connectivity index (χ4n) is 3.09. The Morgan fingerprint density at radius 3 is 2.07 bits per heavy atom. The van der Waals surface area contributed by atoms with Crippen molar-refractivity contribution in [2.75, 3.05) is 26.0 Å². The average Bonchev–Trinajstić information content (AvgIpc) is 2.76. The first kappa shape index (κ1) is 21.5. The Hall–Kier alpha value is -3.22. The van der Waals surface area contributed by atoms with Crippen LogP contribution in [0.15, 0.2) is 73.1 Å².